The largest absolute Gasteiger partial charge is 0.463 e. The first-order valence-electron chi connectivity index (χ1n) is 7.99. The summed E-state index contributed by atoms with van der Waals surface area (Å²) < 4.78 is 5.93. The van der Waals surface area contributed by atoms with Gasteiger partial charge in [0, 0.05) is 0 Å². The van der Waals surface area contributed by atoms with Gasteiger partial charge in [0.1, 0.15) is 0 Å². The van der Waals surface area contributed by atoms with Crippen LogP contribution in [0.3, 0.4) is 0 Å². The topological polar surface area (TPSA) is 70.0 Å². The summed E-state index contributed by atoms with van der Waals surface area (Å²) in [6.07, 6.45) is -0.407. The zero-order chi connectivity index (χ0) is 17.9. The predicted molar refractivity (Wildman–Crippen MR) is 92.3 cm³/mol. The normalized spacial score (nSPS) is 16.3. The number of hydrogen-bond acceptors (Lipinski definition) is 3. The minimum absolute atomic E-state index is 0.0641. The van der Waals surface area contributed by atoms with E-state index in [1.54, 1.807) is 0 Å². The molecule has 0 rings (SSSR count). The van der Waals surface area contributed by atoms with Crippen molar-refractivity contribution >= 4 is 14.4 Å². The zero-order valence-electron chi connectivity index (χ0n) is 15.7. The summed E-state index contributed by atoms with van der Waals surface area (Å²) in [5, 5.41) is 20.6. The first-order valence-corrected chi connectivity index (χ1v) is 10.9. The second-order valence-corrected chi connectivity index (χ2v) is 13.5. The van der Waals surface area contributed by atoms with Crippen molar-refractivity contribution in [1.82, 2.24) is 5.06 Å². The second kappa shape index (κ2) is 7.32. The van der Waals surface area contributed by atoms with Crippen LogP contribution in [0, 0.1) is 5.41 Å². The van der Waals surface area contributed by atoms with Crippen LogP contribution in [0.5, 0.6) is 0 Å². The fraction of sp³-hybridized carbons (Fsp3) is 0.938. The summed E-state index contributed by atoms with van der Waals surface area (Å²) in [6, 6.07) is -0.288. The van der Waals surface area contributed by atoms with Crippen LogP contribution >= 0.6 is 0 Å². The lowest BCUT2D eigenvalue weighted by molar-refractivity contribution is -0.0820. The van der Waals surface area contributed by atoms with Crippen molar-refractivity contribution in [2.75, 3.05) is 0 Å². The van der Waals surface area contributed by atoms with Gasteiger partial charge in [0.05, 0.1) is 12.1 Å². The van der Waals surface area contributed by atoms with Gasteiger partial charge in [-0.05, 0) is 43.3 Å². The van der Waals surface area contributed by atoms with Gasteiger partial charge in [0.25, 0.3) is 0 Å². The van der Waals surface area contributed by atoms with Gasteiger partial charge < -0.3 is 14.7 Å². The Kier molecular flexibility index (Phi) is 7.12. The van der Waals surface area contributed by atoms with E-state index in [2.05, 4.69) is 20.8 Å². The smallest absolute Gasteiger partial charge is 0.430 e. The molecule has 0 radical (unpaired) electrons. The number of amides is 1. The monoisotopic (exact) mass is 333 g/mol. The molecule has 0 aliphatic heterocycles. The molecular formula is C16H35NO4Si. The highest BCUT2D eigenvalue weighted by Gasteiger charge is 2.42. The average molecular weight is 334 g/mol. The first-order chi connectivity index (χ1) is 9.59. The maximum Gasteiger partial charge on any atom is 0.430 e. The van der Waals surface area contributed by atoms with E-state index in [0.717, 1.165) is 5.06 Å². The molecule has 0 aliphatic rings. The van der Waals surface area contributed by atoms with Crippen LogP contribution in [0.2, 0.25) is 18.1 Å². The van der Waals surface area contributed by atoms with Crippen LogP contribution < -0.4 is 0 Å². The van der Waals surface area contributed by atoms with Crippen molar-refractivity contribution in [3.8, 4) is 0 Å². The second-order valence-electron chi connectivity index (χ2n) is 8.77. The molecule has 0 aliphatic carbocycles. The molecule has 6 heteroatoms. The van der Waals surface area contributed by atoms with Gasteiger partial charge in [0.2, 0.25) is 8.32 Å². The molecule has 1 amide bonds. The lowest BCUT2D eigenvalue weighted by atomic mass is 9.86. The molecule has 0 aromatic carbocycles. The number of nitrogens with zero attached hydrogens (tertiary/aromatic N) is 1. The maximum atomic E-state index is 11.5. The highest BCUT2D eigenvalue weighted by atomic mass is 28.4. The Bertz CT molecular complexity index is 371. The molecule has 0 aromatic heterocycles. The predicted octanol–water partition coefficient (Wildman–Crippen LogP) is 4.48. The summed E-state index contributed by atoms with van der Waals surface area (Å²) in [5.41, 5.74) is -0.200. The molecule has 0 bridgehead atoms. The van der Waals surface area contributed by atoms with E-state index in [4.69, 9.17) is 4.53 Å². The number of aliphatic hydroxyl groups excluding tert-OH is 1. The number of rotatable bonds is 6. The van der Waals surface area contributed by atoms with Crippen molar-refractivity contribution in [3.63, 3.8) is 0 Å². The summed E-state index contributed by atoms with van der Waals surface area (Å²) in [7, 11) is -2.20. The minimum atomic E-state index is -2.20. The quantitative estimate of drug-likeness (QED) is 0.555. The van der Waals surface area contributed by atoms with Gasteiger partial charge in [-0.15, -0.1) is 0 Å². The standard InChI is InChI=1S/C16H35NO4Si/c1-12(10-11-13(18)15(2,3)4)17(14(19)20)21-22(8,9)16(5,6)7/h12-13,18H,10-11H2,1-9H3,(H,19,20). The average Bonchev–Trinajstić information content (AvgIpc) is 2.29. The third-order valence-corrected chi connectivity index (χ3v) is 8.84. The van der Waals surface area contributed by atoms with Crippen molar-refractivity contribution in [2.24, 2.45) is 5.41 Å². The Balaban J connectivity index is 4.87. The number of hydroxylamine groups is 2. The number of carboxylic acid groups (broad SMARTS) is 1. The highest BCUT2D eigenvalue weighted by Crippen LogP contribution is 2.37. The van der Waals surface area contributed by atoms with Gasteiger partial charge in [0.15, 0.2) is 0 Å². The van der Waals surface area contributed by atoms with E-state index in [9.17, 15) is 15.0 Å². The van der Waals surface area contributed by atoms with Gasteiger partial charge in [-0.3, -0.25) is 0 Å². The Labute approximate surface area is 136 Å². The lowest BCUT2D eigenvalue weighted by Gasteiger charge is -2.40. The van der Waals surface area contributed by atoms with E-state index < -0.39 is 20.5 Å². The van der Waals surface area contributed by atoms with E-state index >= 15 is 0 Å². The Morgan fingerprint density at radius 1 is 1.14 bits per heavy atom. The highest BCUT2D eigenvalue weighted by molar-refractivity contribution is 6.74. The Morgan fingerprint density at radius 3 is 1.91 bits per heavy atom. The molecular weight excluding hydrogens is 298 g/mol. The molecule has 0 saturated carbocycles. The lowest BCUT2D eigenvalue weighted by Crippen LogP contribution is -2.51. The summed E-state index contributed by atoms with van der Waals surface area (Å²) in [6.45, 7) is 18.0. The molecule has 0 aromatic rings. The molecule has 2 N–H and O–H groups in total. The van der Waals surface area contributed by atoms with Crippen LogP contribution in [0.1, 0.15) is 61.3 Å². The molecule has 2 atom stereocenters. The van der Waals surface area contributed by atoms with Crippen LogP contribution in [0.4, 0.5) is 4.79 Å². The molecule has 0 fully saturated rings. The number of hydrogen-bond donors (Lipinski definition) is 2. The van der Waals surface area contributed by atoms with E-state index in [-0.39, 0.29) is 16.5 Å². The van der Waals surface area contributed by atoms with Crippen molar-refractivity contribution in [3.05, 3.63) is 0 Å². The van der Waals surface area contributed by atoms with Gasteiger partial charge in [-0.25, -0.2) is 4.79 Å². The molecule has 2 unspecified atom stereocenters. The molecule has 5 nitrogen and oxygen atoms in total. The molecule has 0 saturated heterocycles. The molecule has 22 heavy (non-hydrogen) atoms. The van der Waals surface area contributed by atoms with Crippen LogP contribution in [-0.4, -0.2) is 41.8 Å². The van der Waals surface area contributed by atoms with Crippen molar-refractivity contribution in [1.29, 1.82) is 0 Å². The summed E-state index contributed by atoms with van der Waals surface area (Å²) in [4.78, 5) is 11.5. The molecule has 0 heterocycles. The molecule has 0 spiro atoms. The van der Waals surface area contributed by atoms with Gasteiger partial charge in [-0.1, -0.05) is 41.5 Å². The first kappa shape index (κ1) is 21.4. The Morgan fingerprint density at radius 2 is 1.59 bits per heavy atom. The Hall–Kier alpha value is -0.593. The van der Waals surface area contributed by atoms with E-state index in [1.165, 1.54) is 0 Å². The van der Waals surface area contributed by atoms with E-state index in [0.29, 0.717) is 12.8 Å². The fourth-order valence-electron chi connectivity index (χ4n) is 1.65. The summed E-state index contributed by atoms with van der Waals surface area (Å²) in [5.74, 6) is 0. The van der Waals surface area contributed by atoms with Gasteiger partial charge in [-0.2, -0.15) is 5.06 Å². The molecule has 132 valence electrons. The maximum absolute atomic E-state index is 11.5. The minimum Gasteiger partial charge on any atom is -0.463 e. The van der Waals surface area contributed by atoms with E-state index in [1.807, 2.05) is 40.8 Å². The number of carbonyl (C=O) groups is 1. The fourth-order valence-corrected chi connectivity index (χ4v) is 2.67. The van der Waals surface area contributed by atoms with Crippen molar-refractivity contribution < 1.29 is 19.5 Å². The third-order valence-electron chi connectivity index (χ3n) is 4.58. The SMILES string of the molecule is CC(CCC(O)C(C)(C)C)N(O[Si](C)(C)C(C)(C)C)C(=O)O. The number of aliphatic hydroxyl groups is 1. The van der Waals surface area contributed by atoms with Crippen molar-refractivity contribution in [2.45, 2.75) is 91.6 Å². The van der Waals surface area contributed by atoms with Crippen LogP contribution in [0.25, 0.3) is 0 Å². The summed E-state index contributed by atoms with van der Waals surface area (Å²) >= 11 is 0. The zero-order valence-corrected chi connectivity index (χ0v) is 16.7. The van der Waals surface area contributed by atoms with Gasteiger partial charge >= 0.3 is 6.09 Å². The van der Waals surface area contributed by atoms with Crippen LogP contribution in [-0.2, 0) is 4.53 Å². The third kappa shape index (κ3) is 6.26. The van der Waals surface area contributed by atoms with Crippen LogP contribution in [0.15, 0.2) is 0 Å².